The van der Waals surface area contributed by atoms with Crippen molar-refractivity contribution in [3.8, 4) is 17.2 Å². The number of amides is 1. The molecule has 0 aliphatic carbocycles. The van der Waals surface area contributed by atoms with Gasteiger partial charge in [-0.15, -0.1) is 0 Å². The zero-order chi connectivity index (χ0) is 29.3. The fourth-order valence-corrected chi connectivity index (χ4v) is 5.80. The molecule has 41 heavy (non-hydrogen) atoms. The molecule has 4 rings (SSSR count). The van der Waals surface area contributed by atoms with Gasteiger partial charge in [0.05, 0.1) is 31.5 Å². The van der Waals surface area contributed by atoms with Crippen LogP contribution in [0.25, 0.3) is 0 Å². The summed E-state index contributed by atoms with van der Waals surface area (Å²) in [4.78, 5) is 18.6. The molecule has 1 heterocycles. The molecule has 3 aromatic rings. The molecule has 0 spiro atoms. The van der Waals surface area contributed by atoms with Gasteiger partial charge in [0, 0.05) is 30.7 Å². The number of ether oxygens (including phenoxy) is 4. The van der Waals surface area contributed by atoms with Crippen LogP contribution in [-0.4, -0.2) is 70.7 Å². The van der Waals surface area contributed by atoms with Crippen molar-refractivity contribution in [3.63, 3.8) is 0 Å². The molecule has 218 valence electrons. The predicted octanol–water partition coefficient (Wildman–Crippen LogP) is 3.16. The number of para-hydroxylation sites is 1. The summed E-state index contributed by atoms with van der Waals surface area (Å²) in [5.74, 6) is 1.10. The molecule has 0 radical (unpaired) electrons. The largest absolute Gasteiger partial charge is 0.494 e. The summed E-state index contributed by atoms with van der Waals surface area (Å²) in [5, 5.41) is 11.8. The van der Waals surface area contributed by atoms with E-state index >= 15 is 0 Å². The van der Waals surface area contributed by atoms with Crippen LogP contribution >= 0.6 is 0 Å². The minimum atomic E-state index is -3.68. The van der Waals surface area contributed by atoms with Crippen molar-refractivity contribution in [2.75, 3.05) is 39.8 Å². The zero-order valence-electron chi connectivity index (χ0n) is 23.0. The molecule has 0 saturated heterocycles. The minimum absolute atomic E-state index is 0.0392. The van der Waals surface area contributed by atoms with Crippen molar-refractivity contribution in [2.45, 2.75) is 29.8 Å². The quantitative estimate of drug-likeness (QED) is 0.277. The van der Waals surface area contributed by atoms with E-state index in [4.69, 9.17) is 24.1 Å². The predicted molar refractivity (Wildman–Crippen MR) is 153 cm³/mol. The van der Waals surface area contributed by atoms with Gasteiger partial charge in [-0.25, -0.2) is 13.4 Å². The number of sulfone groups is 1. The standard InChI is InChI=1S/C30H34N2O8S/c1-37-26-11-6-8-23(27(26)38-2)20-31-29(34)30(16-19-41(35,36)25-9-4-3-5-10-25)21-40-28(32-30)22-12-14-24(15-13-22)39-18-7-17-33/h3-6,8-15,33H,7,16-21H2,1-2H3,(H,31,34)/t30-/m1/s1. The lowest BCUT2D eigenvalue weighted by Gasteiger charge is -2.23. The molecule has 2 N–H and O–H groups in total. The zero-order valence-corrected chi connectivity index (χ0v) is 23.9. The molecule has 1 aliphatic heterocycles. The summed E-state index contributed by atoms with van der Waals surface area (Å²) in [6, 6.07) is 20.5. The van der Waals surface area contributed by atoms with Crippen LogP contribution in [0.4, 0.5) is 0 Å². The number of hydrogen-bond acceptors (Lipinski definition) is 9. The Bertz CT molecular complexity index is 1460. The number of carbonyl (C=O) groups excluding carboxylic acids is 1. The van der Waals surface area contributed by atoms with E-state index in [2.05, 4.69) is 10.3 Å². The smallest absolute Gasteiger partial charge is 0.251 e. The van der Waals surface area contributed by atoms with Gasteiger partial charge in [0.1, 0.15) is 12.4 Å². The maximum atomic E-state index is 13.7. The topological polar surface area (TPSA) is 133 Å². The Morgan fingerprint density at radius 2 is 1.78 bits per heavy atom. The van der Waals surface area contributed by atoms with Crippen LogP contribution in [0, 0.1) is 0 Å². The Labute approximate surface area is 239 Å². The molecule has 11 heteroatoms. The van der Waals surface area contributed by atoms with Crippen LogP contribution in [-0.2, 0) is 25.9 Å². The van der Waals surface area contributed by atoms with Crippen molar-refractivity contribution < 1.29 is 37.3 Å². The monoisotopic (exact) mass is 582 g/mol. The number of aliphatic hydroxyl groups is 1. The average molecular weight is 583 g/mol. The molecule has 0 unspecified atom stereocenters. The Balaban J connectivity index is 1.58. The summed E-state index contributed by atoms with van der Waals surface area (Å²) in [6.07, 6.45) is 0.430. The van der Waals surface area contributed by atoms with Crippen molar-refractivity contribution >= 4 is 21.6 Å². The summed E-state index contributed by atoms with van der Waals surface area (Å²) in [7, 11) is -0.633. The third-order valence-corrected chi connectivity index (χ3v) is 8.40. The average Bonchev–Trinajstić information content (AvgIpc) is 3.45. The number of methoxy groups -OCH3 is 2. The molecule has 1 aliphatic rings. The second-order valence-corrected chi connectivity index (χ2v) is 11.5. The van der Waals surface area contributed by atoms with Gasteiger partial charge in [-0.1, -0.05) is 30.3 Å². The van der Waals surface area contributed by atoms with Gasteiger partial charge in [-0.3, -0.25) is 4.79 Å². The van der Waals surface area contributed by atoms with E-state index in [1.54, 1.807) is 60.7 Å². The van der Waals surface area contributed by atoms with Crippen LogP contribution in [0.1, 0.15) is 24.0 Å². The molecule has 0 saturated carbocycles. The van der Waals surface area contributed by atoms with Gasteiger partial charge in [-0.05, 0) is 48.9 Å². The number of nitrogens with zero attached hydrogens (tertiary/aromatic N) is 1. The number of carbonyl (C=O) groups is 1. The fraction of sp³-hybridized carbons (Fsp3) is 0.333. The first kappa shape index (κ1) is 29.9. The third kappa shape index (κ3) is 7.17. The Morgan fingerprint density at radius 3 is 2.46 bits per heavy atom. The highest BCUT2D eigenvalue weighted by molar-refractivity contribution is 7.91. The van der Waals surface area contributed by atoms with Gasteiger partial charge in [0.15, 0.2) is 26.9 Å². The van der Waals surface area contributed by atoms with Crippen molar-refractivity contribution in [1.82, 2.24) is 5.32 Å². The maximum Gasteiger partial charge on any atom is 0.251 e. The number of aliphatic hydroxyl groups excluding tert-OH is 1. The second kappa shape index (κ2) is 13.5. The van der Waals surface area contributed by atoms with Crippen molar-refractivity contribution in [1.29, 1.82) is 0 Å². The lowest BCUT2D eigenvalue weighted by atomic mass is 9.97. The first-order valence-electron chi connectivity index (χ1n) is 13.1. The molecule has 1 amide bonds. The Kier molecular flexibility index (Phi) is 9.85. The summed E-state index contributed by atoms with van der Waals surface area (Å²) < 4.78 is 48.5. The van der Waals surface area contributed by atoms with Gasteiger partial charge >= 0.3 is 0 Å². The fourth-order valence-electron chi connectivity index (χ4n) is 4.38. The molecular formula is C30H34N2O8S. The highest BCUT2D eigenvalue weighted by Gasteiger charge is 2.45. The van der Waals surface area contributed by atoms with Crippen molar-refractivity contribution in [3.05, 3.63) is 83.9 Å². The second-order valence-electron chi connectivity index (χ2n) is 9.40. The molecule has 0 aromatic heterocycles. The molecular weight excluding hydrogens is 548 g/mol. The lowest BCUT2D eigenvalue weighted by molar-refractivity contribution is -0.127. The van der Waals surface area contributed by atoms with Crippen LogP contribution in [0.5, 0.6) is 17.2 Å². The van der Waals surface area contributed by atoms with Gasteiger partial charge < -0.3 is 29.4 Å². The minimum Gasteiger partial charge on any atom is -0.494 e. The Hall–Kier alpha value is -4.09. The molecule has 1 atom stereocenters. The van der Waals surface area contributed by atoms with E-state index in [1.165, 1.54) is 26.4 Å². The van der Waals surface area contributed by atoms with Gasteiger partial charge in [-0.2, -0.15) is 0 Å². The summed E-state index contributed by atoms with van der Waals surface area (Å²) in [5.41, 5.74) is -0.165. The molecule has 3 aromatic carbocycles. The number of hydrogen-bond donors (Lipinski definition) is 2. The van der Waals surface area contributed by atoms with E-state index in [9.17, 15) is 13.2 Å². The first-order valence-corrected chi connectivity index (χ1v) is 14.8. The summed E-state index contributed by atoms with van der Waals surface area (Å²) >= 11 is 0. The molecule has 0 fully saturated rings. The normalized spacial score (nSPS) is 16.4. The van der Waals surface area contributed by atoms with Crippen molar-refractivity contribution in [2.24, 2.45) is 4.99 Å². The van der Waals surface area contributed by atoms with E-state index in [1.807, 2.05) is 0 Å². The first-order chi connectivity index (χ1) is 19.8. The highest BCUT2D eigenvalue weighted by Crippen LogP contribution is 2.32. The van der Waals surface area contributed by atoms with Crippen LogP contribution < -0.4 is 19.5 Å². The van der Waals surface area contributed by atoms with Crippen LogP contribution in [0.15, 0.2) is 82.7 Å². The number of nitrogens with one attached hydrogen (secondary N) is 1. The molecule has 0 bridgehead atoms. The van der Waals surface area contributed by atoms with E-state index in [0.717, 1.165) is 0 Å². The van der Waals surface area contributed by atoms with E-state index < -0.39 is 21.3 Å². The number of benzene rings is 3. The molecule has 10 nitrogen and oxygen atoms in total. The van der Waals surface area contributed by atoms with Crippen LogP contribution in [0.2, 0.25) is 0 Å². The third-order valence-electron chi connectivity index (χ3n) is 6.67. The number of rotatable bonds is 14. The van der Waals surface area contributed by atoms with E-state index in [0.29, 0.717) is 41.4 Å². The maximum absolute atomic E-state index is 13.7. The van der Waals surface area contributed by atoms with Crippen LogP contribution in [0.3, 0.4) is 0 Å². The summed E-state index contributed by atoms with van der Waals surface area (Å²) in [6.45, 7) is 0.404. The highest BCUT2D eigenvalue weighted by atomic mass is 32.2. The van der Waals surface area contributed by atoms with Gasteiger partial charge in [0.25, 0.3) is 5.91 Å². The number of aliphatic imine (C=N–C) groups is 1. The van der Waals surface area contributed by atoms with Gasteiger partial charge in [0.2, 0.25) is 5.90 Å². The lowest BCUT2D eigenvalue weighted by Crippen LogP contribution is -2.47. The Morgan fingerprint density at radius 1 is 1.02 bits per heavy atom. The van der Waals surface area contributed by atoms with E-state index in [-0.39, 0.29) is 42.7 Å². The SMILES string of the molecule is COc1cccc(CNC(=O)[C@@]2(CCS(=O)(=O)c3ccccc3)COC(c3ccc(OCCCO)cc3)=N2)c1OC.